The summed E-state index contributed by atoms with van der Waals surface area (Å²) in [5.41, 5.74) is 2.22. The molecule has 1 aromatic carbocycles. The largest absolute Gasteiger partial charge is 0.326 e. The van der Waals surface area contributed by atoms with Crippen molar-refractivity contribution in [1.82, 2.24) is 5.32 Å². The van der Waals surface area contributed by atoms with Gasteiger partial charge in [0.1, 0.15) is 0 Å². The molecule has 0 aliphatic carbocycles. The van der Waals surface area contributed by atoms with Crippen LogP contribution < -0.4 is 10.6 Å². The second kappa shape index (κ2) is 8.98. The van der Waals surface area contributed by atoms with Crippen molar-refractivity contribution >= 4 is 24.0 Å². The summed E-state index contributed by atoms with van der Waals surface area (Å²) in [7, 11) is 0. The molecule has 1 unspecified atom stereocenters. The van der Waals surface area contributed by atoms with Crippen LogP contribution in [0.2, 0.25) is 0 Å². The van der Waals surface area contributed by atoms with Gasteiger partial charge < -0.3 is 10.6 Å². The molecule has 1 aliphatic heterocycles. The van der Waals surface area contributed by atoms with Gasteiger partial charge in [0.05, 0.1) is 0 Å². The molecule has 2 N–H and O–H groups in total. The summed E-state index contributed by atoms with van der Waals surface area (Å²) in [6.45, 7) is 4.33. The summed E-state index contributed by atoms with van der Waals surface area (Å²) >= 11 is 0. The van der Waals surface area contributed by atoms with Crippen LogP contribution in [-0.4, -0.2) is 19.0 Å². The van der Waals surface area contributed by atoms with Crippen LogP contribution in [0.15, 0.2) is 24.3 Å². The Morgan fingerprint density at radius 3 is 2.90 bits per heavy atom. The molecule has 0 radical (unpaired) electrons. The summed E-state index contributed by atoms with van der Waals surface area (Å²) in [5, 5.41) is 6.40. The number of nitrogens with one attached hydrogen (secondary N) is 2. The van der Waals surface area contributed by atoms with E-state index in [-0.39, 0.29) is 18.3 Å². The molecule has 0 saturated carbocycles. The van der Waals surface area contributed by atoms with Gasteiger partial charge in [0.15, 0.2) is 0 Å². The lowest BCUT2D eigenvalue weighted by molar-refractivity contribution is -0.116. The van der Waals surface area contributed by atoms with Gasteiger partial charge in [-0.15, -0.1) is 12.4 Å². The minimum atomic E-state index is 0. The number of carbonyl (C=O) groups is 1. The lowest BCUT2D eigenvalue weighted by Crippen LogP contribution is -2.15. The van der Waals surface area contributed by atoms with Gasteiger partial charge in [0, 0.05) is 12.1 Å². The van der Waals surface area contributed by atoms with Gasteiger partial charge in [-0.05, 0) is 49.9 Å². The van der Waals surface area contributed by atoms with Crippen molar-refractivity contribution in [3.05, 3.63) is 29.8 Å². The highest BCUT2D eigenvalue weighted by atomic mass is 35.5. The molecule has 1 aromatic rings. The predicted octanol–water partition coefficient (Wildman–Crippen LogP) is 3.39. The van der Waals surface area contributed by atoms with Gasteiger partial charge in [0.25, 0.3) is 0 Å². The fourth-order valence-electron chi connectivity index (χ4n) is 2.64. The number of carbonyl (C=O) groups excluding carboxylic acids is 1. The van der Waals surface area contributed by atoms with Crippen LogP contribution in [0.5, 0.6) is 0 Å². The molecule has 1 amide bonds. The molecule has 3 nitrogen and oxygen atoms in total. The number of anilines is 1. The van der Waals surface area contributed by atoms with Crippen LogP contribution in [0.1, 0.15) is 38.2 Å². The van der Waals surface area contributed by atoms with Crippen LogP contribution >= 0.6 is 12.4 Å². The smallest absolute Gasteiger partial charge is 0.224 e. The average molecular weight is 297 g/mol. The first-order chi connectivity index (χ1) is 9.29. The summed E-state index contributed by atoms with van der Waals surface area (Å²) in [5.74, 6) is 0.826. The third kappa shape index (κ3) is 5.14. The Balaban J connectivity index is 0.00000200. The van der Waals surface area contributed by atoms with Crippen LogP contribution in [0.4, 0.5) is 5.69 Å². The zero-order valence-corrected chi connectivity index (χ0v) is 13.0. The zero-order valence-electron chi connectivity index (χ0n) is 12.2. The van der Waals surface area contributed by atoms with Crippen LogP contribution in [0.25, 0.3) is 0 Å². The highest BCUT2D eigenvalue weighted by molar-refractivity contribution is 5.91. The molecule has 4 heteroatoms. The Morgan fingerprint density at radius 1 is 1.40 bits per heavy atom. The van der Waals surface area contributed by atoms with E-state index in [4.69, 9.17) is 0 Å². The zero-order chi connectivity index (χ0) is 13.5. The van der Waals surface area contributed by atoms with E-state index in [0.717, 1.165) is 38.0 Å². The van der Waals surface area contributed by atoms with Crippen molar-refractivity contribution in [2.24, 2.45) is 5.92 Å². The fourth-order valence-corrected chi connectivity index (χ4v) is 2.64. The molecule has 1 saturated heterocycles. The molecule has 1 atom stereocenters. The first-order valence-electron chi connectivity index (χ1n) is 7.38. The Kier molecular flexibility index (Phi) is 7.63. The molecular weight excluding hydrogens is 272 g/mol. The molecule has 1 fully saturated rings. The van der Waals surface area contributed by atoms with Crippen molar-refractivity contribution in [3.63, 3.8) is 0 Å². The van der Waals surface area contributed by atoms with E-state index in [9.17, 15) is 4.79 Å². The molecule has 1 heterocycles. The van der Waals surface area contributed by atoms with Gasteiger partial charge in [-0.1, -0.05) is 31.5 Å². The normalized spacial score (nSPS) is 17.6. The number of halogens is 1. The summed E-state index contributed by atoms with van der Waals surface area (Å²) < 4.78 is 0. The quantitative estimate of drug-likeness (QED) is 0.845. The molecule has 1 aliphatic rings. The highest BCUT2D eigenvalue weighted by Crippen LogP contribution is 2.19. The molecule has 0 aromatic heterocycles. The Morgan fingerprint density at radius 2 is 2.20 bits per heavy atom. The second-order valence-corrected chi connectivity index (χ2v) is 5.35. The standard InChI is InChI=1S/C16H24N2O.ClH/c1-2-5-14-6-3-4-7-15(14)18-16(19)9-8-13-10-11-17-12-13;/h3-4,6-7,13,17H,2,5,8-12H2,1H3,(H,18,19);1H. The van der Waals surface area contributed by atoms with Gasteiger partial charge in [0.2, 0.25) is 5.91 Å². The summed E-state index contributed by atoms with van der Waals surface area (Å²) in [4.78, 5) is 12.0. The van der Waals surface area contributed by atoms with E-state index in [1.54, 1.807) is 0 Å². The maximum Gasteiger partial charge on any atom is 0.224 e. The number of hydrogen-bond acceptors (Lipinski definition) is 2. The van der Waals surface area contributed by atoms with E-state index >= 15 is 0 Å². The van der Waals surface area contributed by atoms with Crippen molar-refractivity contribution in [3.8, 4) is 0 Å². The van der Waals surface area contributed by atoms with Crippen molar-refractivity contribution < 1.29 is 4.79 Å². The topological polar surface area (TPSA) is 41.1 Å². The average Bonchev–Trinajstić information content (AvgIpc) is 2.92. The minimum Gasteiger partial charge on any atom is -0.326 e. The summed E-state index contributed by atoms with van der Waals surface area (Å²) in [6.07, 6.45) is 4.95. The number of benzene rings is 1. The first-order valence-corrected chi connectivity index (χ1v) is 7.38. The molecule has 0 bridgehead atoms. The van der Waals surface area contributed by atoms with Gasteiger partial charge in [-0.3, -0.25) is 4.79 Å². The number of amides is 1. The molecule has 20 heavy (non-hydrogen) atoms. The lowest BCUT2D eigenvalue weighted by Gasteiger charge is -2.11. The maximum atomic E-state index is 12.0. The van der Waals surface area contributed by atoms with E-state index in [2.05, 4.69) is 23.6 Å². The Labute approximate surface area is 127 Å². The third-order valence-corrected chi connectivity index (χ3v) is 3.75. The molecular formula is C16H25ClN2O. The maximum absolute atomic E-state index is 12.0. The Hall–Kier alpha value is -1.06. The minimum absolute atomic E-state index is 0. The first kappa shape index (κ1) is 17.0. The second-order valence-electron chi connectivity index (χ2n) is 5.35. The number of para-hydroxylation sites is 1. The van der Waals surface area contributed by atoms with Gasteiger partial charge in [-0.25, -0.2) is 0 Å². The highest BCUT2D eigenvalue weighted by Gasteiger charge is 2.16. The monoisotopic (exact) mass is 296 g/mol. The number of rotatable bonds is 6. The molecule has 2 rings (SSSR count). The van der Waals surface area contributed by atoms with Crippen LogP contribution in [-0.2, 0) is 11.2 Å². The molecule has 112 valence electrons. The SMILES string of the molecule is CCCc1ccccc1NC(=O)CCC1CCNC1.Cl. The van der Waals surface area contributed by atoms with Crippen LogP contribution in [0.3, 0.4) is 0 Å². The molecule has 0 spiro atoms. The van der Waals surface area contributed by atoms with E-state index in [1.807, 2.05) is 18.2 Å². The van der Waals surface area contributed by atoms with Crippen molar-refractivity contribution in [2.45, 2.75) is 39.0 Å². The van der Waals surface area contributed by atoms with Gasteiger partial charge in [-0.2, -0.15) is 0 Å². The van der Waals surface area contributed by atoms with E-state index in [1.165, 1.54) is 12.0 Å². The summed E-state index contributed by atoms with van der Waals surface area (Å²) in [6, 6.07) is 8.11. The third-order valence-electron chi connectivity index (χ3n) is 3.75. The van der Waals surface area contributed by atoms with E-state index in [0.29, 0.717) is 12.3 Å². The Bertz CT molecular complexity index is 417. The predicted molar refractivity (Wildman–Crippen MR) is 86.5 cm³/mol. The van der Waals surface area contributed by atoms with Crippen molar-refractivity contribution in [2.75, 3.05) is 18.4 Å². The van der Waals surface area contributed by atoms with Crippen molar-refractivity contribution in [1.29, 1.82) is 0 Å². The van der Waals surface area contributed by atoms with Gasteiger partial charge >= 0.3 is 0 Å². The fraction of sp³-hybridized carbons (Fsp3) is 0.562. The number of hydrogen-bond donors (Lipinski definition) is 2. The van der Waals surface area contributed by atoms with Crippen LogP contribution in [0, 0.1) is 5.92 Å². The number of aryl methyl sites for hydroxylation is 1. The van der Waals surface area contributed by atoms with E-state index < -0.39 is 0 Å². The lowest BCUT2D eigenvalue weighted by atomic mass is 10.0.